The van der Waals surface area contributed by atoms with Crippen LogP contribution in [0.25, 0.3) is 0 Å². The van der Waals surface area contributed by atoms with E-state index in [9.17, 15) is 25.2 Å². The van der Waals surface area contributed by atoms with Gasteiger partial charge in [0.15, 0.2) is 6.29 Å². The van der Waals surface area contributed by atoms with Crippen LogP contribution in [0.2, 0.25) is 0 Å². The van der Waals surface area contributed by atoms with E-state index in [0.29, 0.717) is 13.0 Å². The third-order valence-corrected chi connectivity index (χ3v) is 12.2. The fraction of sp³-hybridized carbons (Fsp3) is 0.836. The molecule has 0 spiro atoms. The van der Waals surface area contributed by atoms with Crippen molar-refractivity contribution in [3.63, 3.8) is 0 Å². The maximum Gasteiger partial charge on any atom is 0.306 e. The molecule has 1 aliphatic heterocycles. The monoisotopic (exact) mass is 905 g/mol. The van der Waals surface area contributed by atoms with Crippen LogP contribution in [0.5, 0.6) is 0 Å². The third-order valence-electron chi connectivity index (χ3n) is 12.2. The molecule has 64 heavy (non-hydrogen) atoms. The van der Waals surface area contributed by atoms with Crippen molar-refractivity contribution in [3.05, 3.63) is 48.6 Å². The number of hydrogen-bond donors (Lipinski definition) is 4. The van der Waals surface area contributed by atoms with Gasteiger partial charge in [-0.25, -0.2) is 0 Å². The predicted octanol–water partition coefficient (Wildman–Crippen LogP) is 13.3. The van der Waals surface area contributed by atoms with Crippen molar-refractivity contribution in [2.75, 3.05) is 26.4 Å². The summed E-state index contributed by atoms with van der Waals surface area (Å²) in [6, 6.07) is 0. The van der Waals surface area contributed by atoms with Crippen LogP contribution in [0.3, 0.4) is 0 Å². The second-order valence-corrected chi connectivity index (χ2v) is 18.3. The summed E-state index contributed by atoms with van der Waals surface area (Å²) >= 11 is 0. The second-order valence-electron chi connectivity index (χ2n) is 18.3. The lowest BCUT2D eigenvalue weighted by Crippen LogP contribution is -2.59. The molecule has 0 amide bonds. The van der Waals surface area contributed by atoms with Gasteiger partial charge in [-0.05, 0) is 77.0 Å². The predicted molar refractivity (Wildman–Crippen MR) is 265 cm³/mol. The molecule has 0 aromatic carbocycles. The first-order valence-corrected chi connectivity index (χ1v) is 26.7. The SMILES string of the molecule is CCCCC/C=C\C/C=C\CCCCCCCCOCC(COC1OC(CO)C(O)C(O)C1O)OC(=O)CCCCCCCCCCCCCCC/C=C\C/C=C\CCCCCCC. The fourth-order valence-electron chi connectivity index (χ4n) is 8.02. The van der Waals surface area contributed by atoms with Crippen LogP contribution in [-0.2, 0) is 23.7 Å². The minimum atomic E-state index is -1.54. The minimum absolute atomic E-state index is 0.118. The normalized spacial score (nSPS) is 19.9. The van der Waals surface area contributed by atoms with Crippen molar-refractivity contribution in [1.82, 2.24) is 0 Å². The number of rotatable bonds is 46. The molecule has 1 fully saturated rings. The zero-order valence-electron chi connectivity index (χ0n) is 41.3. The first kappa shape index (κ1) is 60.2. The van der Waals surface area contributed by atoms with Crippen LogP contribution in [0.1, 0.15) is 232 Å². The number of carbonyl (C=O) groups is 1. The van der Waals surface area contributed by atoms with E-state index in [1.165, 1.54) is 154 Å². The van der Waals surface area contributed by atoms with Gasteiger partial charge in [-0.3, -0.25) is 4.79 Å². The van der Waals surface area contributed by atoms with Crippen LogP contribution >= 0.6 is 0 Å². The summed E-state index contributed by atoms with van der Waals surface area (Å²) in [5.41, 5.74) is 0. The van der Waals surface area contributed by atoms with Gasteiger partial charge in [-0.1, -0.05) is 197 Å². The van der Waals surface area contributed by atoms with Gasteiger partial charge in [0.2, 0.25) is 0 Å². The first-order chi connectivity index (χ1) is 31.4. The highest BCUT2D eigenvalue weighted by molar-refractivity contribution is 5.69. The fourth-order valence-corrected chi connectivity index (χ4v) is 8.02. The summed E-state index contributed by atoms with van der Waals surface area (Å²) in [6.45, 7) is 4.52. The largest absolute Gasteiger partial charge is 0.457 e. The van der Waals surface area contributed by atoms with Crippen LogP contribution in [-0.4, -0.2) is 89.6 Å². The molecule has 9 heteroatoms. The quantitative estimate of drug-likeness (QED) is 0.0267. The van der Waals surface area contributed by atoms with Crippen molar-refractivity contribution < 1.29 is 44.2 Å². The smallest absolute Gasteiger partial charge is 0.306 e. The highest BCUT2D eigenvalue weighted by atomic mass is 16.7. The van der Waals surface area contributed by atoms with Gasteiger partial charge in [0.1, 0.15) is 30.5 Å². The highest BCUT2D eigenvalue weighted by Crippen LogP contribution is 2.23. The number of aliphatic hydroxyl groups is 4. The van der Waals surface area contributed by atoms with E-state index in [-0.39, 0.29) is 19.2 Å². The van der Waals surface area contributed by atoms with E-state index < -0.39 is 43.4 Å². The summed E-state index contributed by atoms with van der Waals surface area (Å²) < 4.78 is 22.9. The van der Waals surface area contributed by atoms with E-state index >= 15 is 0 Å². The van der Waals surface area contributed by atoms with Gasteiger partial charge >= 0.3 is 5.97 Å². The molecule has 1 saturated heterocycles. The number of allylic oxidation sites excluding steroid dienone is 8. The Labute approximate surface area is 392 Å². The summed E-state index contributed by atoms with van der Waals surface area (Å²) in [4.78, 5) is 12.9. The Kier molecular flexibility index (Phi) is 43.5. The van der Waals surface area contributed by atoms with Crippen LogP contribution in [0.4, 0.5) is 0 Å². The Hall–Kier alpha value is -1.85. The van der Waals surface area contributed by atoms with Crippen molar-refractivity contribution in [2.24, 2.45) is 0 Å². The number of hydrogen-bond acceptors (Lipinski definition) is 9. The Balaban J connectivity index is 2.17. The molecular formula is C55H100O9. The lowest BCUT2D eigenvalue weighted by Gasteiger charge is -2.39. The molecule has 6 unspecified atom stereocenters. The van der Waals surface area contributed by atoms with E-state index in [1.54, 1.807) is 0 Å². The zero-order chi connectivity index (χ0) is 46.4. The van der Waals surface area contributed by atoms with Crippen LogP contribution < -0.4 is 0 Å². The van der Waals surface area contributed by atoms with E-state index in [1.807, 2.05) is 0 Å². The Morgan fingerprint density at radius 1 is 0.500 bits per heavy atom. The van der Waals surface area contributed by atoms with Crippen molar-refractivity contribution in [2.45, 2.75) is 269 Å². The summed E-state index contributed by atoms with van der Waals surface area (Å²) in [5, 5.41) is 40.3. The van der Waals surface area contributed by atoms with Crippen LogP contribution in [0.15, 0.2) is 48.6 Å². The number of ether oxygens (including phenoxy) is 4. The molecule has 0 aromatic heterocycles. The first-order valence-electron chi connectivity index (χ1n) is 26.7. The lowest BCUT2D eigenvalue weighted by molar-refractivity contribution is -0.305. The molecule has 0 bridgehead atoms. The number of unbranched alkanes of at least 4 members (excludes halogenated alkanes) is 27. The summed E-state index contributed by atoms with van der Waals surface area (Å²) in [5.74, 6) is -0.317. The third kappa shape index (κ3) is 36.3. The number of esters is 1. The van der Waals surface area contributed by atoms with Crippen LogP contribution in [0, 0.1) is 0 Å². The molecule has 0 aromatic rings. The topological polar surface area (TPSA) is 135 Å². The number of carbonyl (C=O) groups excluding carboxylic acids is 1. The van der Waals surface area contributed by atoms with Crippen molar-refractivity contribution in [1.29, 1.82) is 0 Å². The maximum atomic E-state index is 12.9. The molecule has 4 N–H and O–H groups in total. The molecule has 0 saturated carbocycles. The lowest BCUT2D eigenvalue weighted by atomic mass is 9.99. The van der Waals surface area contributed by atoms with Gasteiger partial charge in [-0.2, -0.15) is 0 Å². The van der Waals surface area contributed by atoms with E-state index in [2.05, 4.69) is 62.5 Å². The number of aliphatic hydroxyl groups excluding tert-OH is 4. The second kappa shape index (κ2) is 46.3. The van der Waals surface area contributed by atoms with Gasteiger partial charge in [-0.15, -0.1) is 0 Å². The standard InChI is InChI=1S/C55H100O9/c1-3-5-7-9-11-13-15-17-19-21-22-23-24-25-26-27-28-29-30-32-34-36-38-40-42-44-51(57)63-49(48-62-55-54(60)53(59)52(58)50(46-56)64-55)47-61-45-43-41-39-37-35-33-31-20-18-16-14-12-10-8-6-4-2/h12,14-15,17-18,20-22,49-50,52-56,58-60H,3-11,13,16,19,23-48H2,1-2H3/b14-12-,17-15-,20-18-,22-21-. The molecule has 6 atom stereocenters. The molecule has 0 aliphatic carbocycles. The Bertz CT molecular complexity index is 1120. The van der Waals surface area contributed by atoms with E-state index in [0.717, 1.165) is 57.8 Å². The molecule has 1 rings (SSSR count). The zero-order valence-corrected chi connectivity index (χ0v) is 41.3. The average molecular weight is 905 g/mol. The Morgan fingerprint density at radius 3 is 1.38 bits per heavy atom. The summed E-state index contributed by atoms with van der Waals surface area (Å²) in [6.07, 6.45) is 51.5. The summed E-state index contributed by atoms with van der Waals surface area (Å²) in [7, 11) is 0. The molecule has 1 heterocycles. The van der Waals surface area contributed by atoms with E-state index in [4.69, 9.17) is 18.9 Å². The Morgan fingerprint density at radius 2 is 0.906 bits per heavy atom. The van der Waals surface area contributed by atoms with Gasteiger partial charge in [0, 0.05) is 13.0 Å². The molecule has 1 aliphatic rings. The minimum Gasteiger partial charge on any atom is -0.457 e. The van der Waals surface area contributed by atoms with Crippen molar-refractivity contribution in [3.8, 4) is 0 Å². The van der Waals surface area contributed by atoms with Gasteiger partial charge in [0.05, 0.1) is 19.8 Å². The van der Waals surface area contributed by atoms with Crippen molar-refractivity contribution >= 4 is 5.97 Å². The molecular weight excluding hydrogens is 805 g/mol. The average Bonchev–Trinajstić information content (AvgIpc) is 3.30. The highest BCUT2D eigenvalue weighted by Gasteiger charge is 2.44. The molecule has 374 valence electrons. The maximum absolute atomic E-state index is 12.9. The van der Waals surface area contributed by atoms with Gasteiger partial charge < -0.3 is 39.4 Å². The molecule has 0 radical (unpaired) electrons. The molecule has 9 nitrogen and oxygen atoms in total. The van der Waals surface area contributed by atoms with Gasteiger partial charge in [0.25, 0.3) is 0 Å².